The maximum Gasteiger partial charge on any atom is 0.297 e. The van der Waals surface area contributed by atoms with Crippen LogP contribution in [0.15, 0.2) is 44.4 Å². The second-order valence-electron chi connectivity index (χ2n) is 3.45. The molecule has 0 unspecified atom stereocenters. The summed E-state index contributed by atoms with van der Waals surface area (Å²) < 4.78 is 5.97. The fraction of sp³-hybridized carbons (Fsp3) is 0. The van der Waals surface area contributed by atoms with Crippen molar-refractivity contribution in [3.63, 3.8) is 0 Å². The number of rotatable bonds is 1. The molecule has 3 rings (SSSR count). The Labute approximate surface area is 104 Å². The molecule has 3 aromatic rings. The Bertz CT molecular complexity index is 730. The molecule has 5 nitrogen and oxygen atoms in total. The van der Waals surface area contributed by atoms with Crippen LogP contribution in [0.2, 0.25) is 0 Å². The van der Waals surface area contributed by atoms with Crippen LogP contribution in [-0.2, 0) is 0 Å². The number of benzene rings is 1. The van der Waals surface area contributed by atoms with Gasteiger partial charge in [-0.2, -0.15) is 0 Å². The van der Waals surface area contributed by atoms with Gasteiger partial charge in [0.15, 0.2) is 0 Å². The van der Waals surface area contributed by atoms with Gasteiger partial charge in [-0.15, -0.1) is 0 Å². The van der Waals surface area contributed by atoms with Gasteiger partial charge in [0.25, 0.3) is 11.1 Å². The van der Waals surface area contributed by atoms with Gasteiger partial charge in [-0.05, 0) is 12.1 Å². The molecular weight excluding hydrogens is 286 g/mol. The van der Waals surface area contributed by atoms with Crippen LogP contribution in [0, 0.1) is 0 Å². The Morgan fingerprint density at radius 1 is 1.24 bits per heavy atom. The molecule has 0 amide bonds. The lowest BCUT2D eigenvalue weighted by Crippen LogP contribution is -2.04. The summed E-state index contributed by atoms with van der Waals surface area (Å²) in [4.78, 5) is 18.0. The van der Waals surface area contributed by atoms with Crippen molar-refractivity contribution in [2.24, 2.45) is 0 Å². The average molecular weight is 292 g/mol. The van der Waals surface area contributed by atoms with Crippen LogP contribution in [0.25, 0.3) is 22.4 Å². The molecule has 0 fully saturated rings. The Balaban J connectivity index is 2.28. The molecule has 2 aromatic heterocycles. The number of H-pyrrole nitrogens is 1. The van der Waals surface area contributed by atoms with E-state index in [-0.39, 0.29) is 11.1 Å². The molecule has 17 heavy (non-hydrogen) atoms. The molecule has 1 N–H and O–H groups in total. The molecule has 0 bridgehead atoms. The summed E-state index contributed by atoms with van der Waals surface area (Å²) in [5.41, 5.74) is 1.70. The number of nitrogens with zero attached hydrogens (tertiary/aromatic N) is 2. The largest absolute Gasteiger partial charge is 0.348 e. The first-order valence-electron chi connectivity index (χ1n) is 4.85. The highest BCUT2D eigenvalue weighted by Gasteiger charge is 2.13. The molecule has 0 spiro atoms. The summed E-state index contributed by atoms with van der Waals surface area (Å²) in [6, 6.07) is 7.54. The van der Waals surface area contributed by atoms with E-state index >= 15 is 0 Å². The standard InChI is InChI=1S/C11H6BrN3O2/c12-7-3-1-6(2-4-7)8-9-10(17-15-8)11(16)14-5-13-9/h1-5H,(H,13,14,16). The SMILES string of the molecule is O=c1[nH]cnc2c(-c3ccc(Br)cc3)noc12. The highest BCUT2D eigenvalue weighted by Crippen LogP contribution is 2.25. The molecular formula is C11H6BrN3O2. The minimum atomic E-state index is -0.328. The fourth-order valence-corrected chi connectivity index (χ4v) is 1.84. The van der Waals surface area contributed by atoms with E-state index in [1.165, 1.54) is 6.33 Å². The minimum Gasteiger partial charge on any atom is -0.348 e. The lowest BCUT2D eigenvalue weighted by molar-refractivity contribution is 0.456. The maximum absolute atomic E-state index is 11.4. The molecule has 0 saturated heterocycles. The van der Waals surface area contributed by atoms with Crippen LogP contribution in [0.4, 0.5) is 0 Å². The molecule has 0 saturated carbocycles. The molecule has 2 heterocycles. The van der Waals surface area contributed by atoms with Crippen molar-refractivity contribution >= 4 is 27.0 Å². The fourth-order valence-electron chi connectivity index (χ4n) is 1.57. The van der Waals surface area contributed by atoms with E-state index in [0.29, 0.717) is 11.2 Å². The van der Waals surface area contributed by atoms with E-state index in [2.05, 4.69) is 31.1 Å². The van der Waals surface area contributed by atoms with E-state index in [1.807, 2.05) is 24.3 Å². The average Bonchev–Trinajstić information content (AvgIpc) is 2.75. The van der Waals surface area contributed by atoms with Crippen molar-refractivity contribution in [1.82, 2.24) is 15.1 Å². The summed E-state index contributed by atoms with van der Waals surface area (Å²) >= 11 is 3.36. The van der Waals surface area contributed by atoms with Crippen molar-refractivity contribution < 1.29 is 4.52 Å². The van der Waals surface area contributed by atoms with Crippen LogP contribution in [0.5, 0.6) is 0 Å². The predicted octanol–water partition coefficient (Wildman–Crippen LogP) is 2.34. The Kier molecular flexibility index (Phi) is 2.29. The molecule has 84 valence electrons. The molecule has 0 aliphatic carbocycles. The Hall–Kier alpha value is -1.95. The van der Waals surface area contributed by atoms with E-state index in [0.717, 1.165) is 10.0 Å². The van der Waals surface area contributed by atoms with Crippen LogP contribution in [0.1, 0.15) is 0 Å². The summed E-state index contributed by atoms with van der Waals surface area (Å²) in [6.45, 7) is 0. The number of nitrogens with one attached hydrogen (secondary N) is 1. The van der Waals surface area contributed by atoms with Crippen LogP contribution < -0.4 is 5.56 Å². The first kappa shape index (κ1) is 10.2. The normalized spacial score (nSPS) is 10.9. The lowest BCUT2D eigenvalue weighted by Gasteiger charge is -1.95. The number of aromatic nitrogens is 3. The van der Waals surface area contributed by atoms with Gasteiger partial charge < -0.3 is 9.51 Å². The zero-order chi connectivity index (χ0) is 11.8. The second-order valence-corrected chi connectivity index (χ2v) is 4.36. The zero-order valence-electron chi connectivity index (χ0n) is 8.48. The van der Waals surface area contributed by atoms with Gasteiger partial charge in [0.05, 0.1) is 6.33 Å². The first-order chi connectivity index (χ1) is 8.25. The summed E-state index contributed by atoms with van der Waals surface area (Å²) in [7, 11) is 0. The highest BCUT2D eigenvalue weighted by molar-refractivity contribution is 9.10. The molecule has 0 radical (unpaired) electrons. The summed E-state index contributed by atoms with van der Waals surface area (Å²) in [5, 5.41) is 3.88. The zero-order valence-corrected chi connectivity index (χ0v) is 10.1. The smallest absolute Gasteiger partial charge is 0.297 e. The molecule has 0 aliphatic rings. The first-order valence-corrected chi connectivity index (χ1v) is 5.64. The number of hydrogen-bond acceptors (Lipinski definition) is 4. The van der Waals surface area contributed by atoms with E-state index in [1.54, 1.807) is 0 Å². The van der Waals surface area contributed by atoms with Gasteiger partial charge in [0.1, 0.15) is 11.2 Å². The number of halogens is 1. The Morgan fingerprint density at radius 2 is 2.00 bits per heavy atom. The van der Waals surface area contributed by atoms with Crippen molar-refractivity contribution in [3.05, 3.63) is 45.4 Å². The lowest BCUT2D eigenvalue weighted by atomic mass is 10.1. The predicted molar refractivity (Wildman–Crippen MR) is 65.6 cm³/mol. The number of aromatic amines is 1. The van der Waals surface area contributed by atoms with Crippen molar-refractivity contribution in [3.8, 4) is 11.3 Å². The third-order valence-corrected chi connectivity index (χ3v) is 2.91. The third kappa shape index (κ3) is 1.66. The third-order valence-electron chi connectivity index (χ3n) is 2.38. The van der Waals surface area contributed by atoms with Crippen molar-refractivity contribution in [2.75, 3.05) is 0 Å². The van der Waals surface area contributed by atoms with E-state index in [9.17, 15) is 4.79 Å². The van der Waals surface area contributed by atoms with Crippen LogP contribution >= 0.6 is 15.9 Å². The van der Waals surface area contributed by atoms with Gasteiger partial charge in [0.2, 0.25) is 0 Å². The van der Waals surface area contributed by atoms with Crippen molar-refractivity contribution in [2.45, 2.75) is 0 Å². The number of fused-ring (bicyclic) bond motifs is 1. The molecule has 0 aliphatic heterocycles. The molecule has 0 atom stereocenters. The molecule has 6 heteroatoms. The van der Waals surface area contributed by atoms with Crippen LogP contribution in [-0.4, -0.2) is 15.1 Å². The van der Waals surface area contributed by atoms with Crippen LogP contribution in [0.3, 0.4) is 0 Å². The summed E-state index contributed by atoms with van der Waals surface area (Å²) in [5.74, 6) is 0. The van der Waals surface area contributed by atoms with Gasteiger partial charge in [-0.3, -0.25) is 4.79 Å². The van der Waals surface area contributed by atoms with Gasteiger partial charge in [0, 0.05) is 10.0 Å². The minimum absolute atomic E-state index is 0.144. The number of hydrogen-bond donors (Lipinski definition) is 1. The topological polar surface area (TPSA) is 71.8 Å². The van der Waals surface area contributed by atoms with Crippen molar-refractivity contribution in [1.29, 1.82) is 0 Å². The monoisotopic (exact) mass is 291 g/mol. The van der Waals surface area contributed by atoms with Gasteiger partial charge >= 0.3 is 0 Å². The second kappa shape index (κ2) is 3.81. The quantitative estimate of drug-likeness (QED) is 0.747. The maximum atomic E-state index is 11.4. The van der Waals surface area contributed by atoms with Gasteiger partial charge in [-0.1, -0.05) is 33.2 Å². The summed E-state index contributed by atoms with van der Waals surface area (Å²) in [6.07, 6.45) is 1.34. The highest BCUT2D eigenvalue weighted by atomic mass is 79.9. The Morgan fingerprint density at radius 3 is 2.76 bits per heavy atom. The van der Waals surface area contributed by atoms with E-state index < -0.39 is 0 Å². The molecule has 1 aromatic carbocycles. The van der Waals surface area contributed by atoms with E-state index in [4.69, 9.17) is 4.52 Å². The van der Waals surface area contributed by atoms with Gasteiger partial charge in [-0.25, -0.2) is 4.98 Å².